The van der Waals surface area contributed by atoms with Gasteiger partial charge in [0.05, 0.1) is 10.5 Å². The molecular weight excluding hydrogens is 246 g/mol. The van der Waals surface area contributed by atoms with E-state index < -0.39 is 4.92 Å². The van der Waals surface area contributed by atoms with E-state index in [4.69, 9.17) is 0 Å². The van der Waals surface area contributed by atoms with E-state index in [9.17, 15) is 20.0 Å². The first-order chi connectivity index (χ1) is 9.00. The molecule has 0 radical (unpaired) electrons. The molecule has 0 fully saturated rings. The second kappa shape index (κ2) is 4.89. The number of phenolic OH excluding ortho intramolecular Hbond substituents is 1. The third-order valence-corrected chi connectivity index (χ3v) is 2.82. The van der Waals surface area contributed by atoms with Crippen LogP contribution in [-0.4, -0.2) is 15.8 Å². The van der Waals surface area contributed by atoms with Crippen molar-refractivity contribution in [3.8, 4) is 5.75 Å². The van der Waals surface area contributed by atoms with Gasteiger partial charge in [0.2, 0.25) is 0 Å². The highest BCUT2D eigenvalue weighted by Gasteiger charge is 2.15. The van der Waals surface area contributed by atoms with Gasteiger partial charge in [-0.05, 0) is 30.7 Å². The number of nitrogens with zero attached hydrogens (tertiary/aromatic N) is 1. The molecule has 1 N–H and O–H groups in total. The molecule has 2 aromatic rings. The monoisotopic (exact) mass is 257 g/mol. The second-order valence-electron chi connectivity index (χ2n) is 4.10. The molecule has 0 unspecified atom stereocenters. The summed E-state index contributed by atoms with van der Waals surface area (Å²) in [6.45, 7) is 1.70. The molecule has 0 aliphatic carbocycles. The Hall–Kier alpha value is -2.69. The van der Waals surface area contributed by atoms with E-state index in [1.54, 1.807) is 19.1 Å². The number of aromatic hydroxyl groups is 1. The van der Waals surface area contributed by atoms with Crippen LogP contribution in [0.25, 0.3) is 0 Å². The van der Waals surface area contributed by atoms with Gasteiger partial charge in [-0.2, -0.15) is 0 Å². The minimum absolute atomic E-state index is 0.0640. The highest BCUT2D eigenvalue weighted by atomic mass is 16.6. The Morgan fingerprint density at radius 3 is 2.37 bits per heavy atom. The SMILES string of the molecule is Cc1cccc(C(=O)c2ccc([N+](=O)[O-])cc2)c1O. The highest BCUT2D eigenvalue weighted by Crippen LogP contribution is 2.24. The molecule has 96 valence electrons. The Morgan fingerprint density at radius 1 is 1.16 bits per heavy atom. The Labute approximate surface area is 109 Å². The lowest BCUT2D eigenvalue weighted by Crippen LogP contribution is -2.02. The standard InChI is InChI=1S/C14H11NO4/c1-9-3-2-4-12(13(9)16)14(17)10-5-7-11(8-6-10)15(18)19/h2-8,16H,1H3. The molecule has 0 bridgehead atoms. The van der Waals surface area contributed by atoms with Crippen LogP contribution in [-0.2, 0) is 0 Å². The van der Waals surface area contributed by atoms with Crippen molar-refractivity contribution >= 4 is 11.5 Å². The minimum atomic E-state index is -0.529. The summed E-state index contributed by atoms with van der Waals surface area (Å²) in [6.07, 6.45) is 0. The average molecular weight is 257 g/mol. The Morgan fingerprint density at radius 2 is 1.79 bits per heavy atom. The molecule has 0 amide bonds. The molecule has 0 atom stereocenters. The number of ketones is 1. The quantitative estimate of drug-likeness (QED) is 0.520. The topological polar surface area (TPSA) is 80.4 Å². The van der Waals surface area contributed by atoms with Gasteiger partial charge < -0.3 is 5.11 Å². The van der Waals surface area contributed by atoms with E-state index in [2.05, 4.69) is 0 Å². The molecular formula is C14H11NO4. The number of carbonyl (C=O) groups excluding carboxylic acids is 1. The lowest BCUT2D eigenvalue weighted by molar-refractivity contribution is -0.384. The van der Waals surface area contributed by atoms with Crippen LogP contribution in [0.15, 0.2) is 42.5 Å². The highest BCUT2D eigenvalue weighted by molar-refractivity contribution is 6.10. The third-order valence-electron chi connectivity index (χ3n) is 2.82. The number of benzene rings is 2. The largest absolute Gasteiger partial charge is 0.507 e. The summed E-state index contributed by atoms with van der Waals surface area (Å²) < 4.78 is 0. The molecule has 2 aromatic carbocycles. The number of nitro groups is 1. The summed E-state index contributed by atoms with van der Waals surface area (Å²) in [5.74, 6) is -0.429. The number of para-hydroxylation sites is 1. The molecule has 2 rings (SSSR count). The summed E-state index contributed by atoms with van der Waals surface area (Å²) in [6, 6.07) is 10.2. The number of carbonyl (C=O) groups is 1. The normalized spacial score (nSPS) is 10.2. The van der Waals surface area contributed by atoms with Gasteiger partial charge in [0.25, 0.3) is 5.69 Å². The predicted molar refractivity (Wildman–Crippen MR) is 69.4 cm³/mol. The van der Waals surface area contributed by atoms with Crippen molar-refractivity contribution < 1.29 is 14.8 Å². The van der Waals surface area contributed by atoms with E-state index in [0.29, 0.717) is 11.1 Å². The maximum absolute atomic E-state index is 12.2. The van der Waals surface area contributed by atoms with E-state index in [0.717, 1.165) is 0 Å². The van der Waals surface area contributed by atoms with Gasteiger partial charge in [-0.1, -0.05) is 12.1 Å². The molecule has 5 nitrogen and oxygen atoms in total. The second-order valence-corrected chi connectivity index (χ2v) is 4.10. The zero-order chi connectivity index (χ0) is 14.0. The first-order valence-corrected chi connectivity index (χ1v) is 5.58. The number of rotatable bonds is 3. The summed E-state index contributed by atoms with van der Waals surface area (Å²) in [7, 11) is 0. The molecule has 19 heavy (non-hydrogen) atoms. The van der Waals surface area contributed by atoms with Crippen LogP contribution in [0.4, 0.5) is 5.69 Å². The van der Waals surface area contributed by atoms with Crippen molar-refractivity contribution in [2.24, 2.45) is 0 Å². The Balaban J connectivity index is 2.39. The fraction of sp³-hybridized carbons (Fsp3) is 0.0714. The molecule has 0 aliphatic heterocycles. The number of phenols is 1. The molecule has 0 heterocycles. The van der Waals surface area contributed by atoms with Crippen molar-refractivity contribution in [3.05, 3.63) is 69.3 Å². The van der Waals surface area contributed by atoms with Gasteiger partial charge in [0, 0.05) is 17.7 Å². The van der Waals surface area contributed by atoms with Gasteiger partial charge in [0.1, 0.15) is 5.75 Å². The number of hydrogen-bond donors (Lipinski definition) is 1. The number of nitro benzene ring substituents is 1. The van der Waals surface area contributed by atoms with Crippen molar-refractivity contribution in [3.63, 3.8) is 0 Å². The lowest BCUT2D eigenvalue weighted by Gasteiger charge is -2.06. The van der Waals surface area contributed by atoms with Crippen molar-refractivity contribution in [1.29, 1.82) is 0 Å². The van der Waals surface area contributed by atoms with E-state index in [1.165, 1.54) is 30.3 Å². The molecule has 0 aromatic heterocycles. The maximum Gasteiger partial charge on any atom is 0.269 e. The zero-order valence-corrected chi connectivity index (χ0v) is 10.2. The van der Waals surface area contributed by atoms with Gasteiger partial charge in [-0.25, -0.2) is 0 Å². The lowest BCUT2D eigenvalue weighted by atomic mass is 10.0. The first kappa shape index (κ1) is 12.8. The first-order valence-electron chi connectivity index (χ1n) is 5.58. The van der Waals surface area contributed by atoms with Crippen LogP contribution in [0, 0.1) is 17.0 Å². The summed E-state index contributed by atoms with van der Waals surface area (Å²) in [4.78, 5) is 22.2. The van der Waals surface area contributed by atoms with Crippen LogP contribution < -0.4 is 0 Å². The van der Waals surface area contributed by atoms with Crippen LogP contribution >= 0.6 is 0 Å². The van der Waals surface area contributed by atoms with Crippen molar-refractivity contribution in [2.75, 3.05) is 0 Å². The number of hydrogen-bond acceptors (Lipinski definition) is 4. The molecule has 0 aliphatic rings. The third kappa shape index (κ3) is 2.44. The van der Waals surface area contributed by atoms with Crippen molar-refractivity contribution in [2.45, 2.75) is 6.92 Å². The maximum atomic E-state index is 12.2. The van der Waals surface area contributed by atoms with Gasteiger partial charge >= 0.3 is 0 Å². The van der Waals surface area contributed by atoms with Crippen LogP contribution in [0.3, 0.4) is 0 Å². The minimum Gasteiger partial charge on any atom is -0.507 e. The van der Waals surface area contributed by atoms with Gasteiger partial charge in [0.15, 0.2) is 5.78 Å². The van der Waals surface area contributed by atoms with E-state index in [1.807, 2.05) is 0 Å². The average Bonchev–Trinajstić information content (AvgIpc) is 2.41. The fourth-order valence-electron chi connectivity index (χ4n) is 1.73. The molecule has 0 spiro atoms. The molecule has 0 saturated heterocycles. The van der Waals surface area contributed by atoms with Gasteiger partial charge in [-0.15, -0.1) is 0 Å². The van der Waals surface area contributed by atoms with Crippen LogP contribution in [0.2, 0.25) is 0 Å². The zero-order valence-electron chi connectivity index (χ0n) is 10.2. The van der Waals surface area contributed by atoms with Crippen molar-refractivity contribution in [1.82, 2.24) is 0 Å². The smallest absolute Gasteiger partial charge is 0.269 e. The summed E-state index contributed by atoms with van der Waals surface area (Å²) in [5, 5.41) is 20.4. The Bertz CT molecular complexity index is 647. The number of non-ortho nitro benzene ring substituents is 1. The van der Waals surface area contributed by atoms with E-state index in [-0.39, 0.29) is 22.8 Å². The van der Waals surface area contributed by atoms with Crippen LogP contribution in [0.5, 0.6) is 5.75 Å². The van der Waals surface area contributed by atoms with Gasteiger partial charge in [-0.3, -0.25) is 14.9 Å². The van der Waals surface area contributed by atoms with E-state index >= 15 is 0 Å². The number of aryl methyl sites for hydroxylation is 1. The van der Waals surface area contributed by atoms with Crippen LogP contribution in [0.1, 0.15) is 21.5 Å². The summed E-state index contributed by atoms with van der Waals surface area (Å²) >= 11 is 0. The molecule has 5 heteroatoms. The Kier molecular flexibility index (Phi) is 3.29. The fourth-order valence-corrected chi connectivity index (χ4v) is 1.73. The summed E-state index contributed by atoms with van der Waals surface area (Å²) in [5.41, 5.74) is 1.01. The molecule has 0 saturated carbocycles. The predicted octanol–water partition coefficient (Wildman–Crippen LogP) is 2.84.